The molecule has 1 aliphatic rings. The Morgan fingerprint density at radius 1 is 1.75 bits per heavy atom. The lowest BCUT2D eigenvalue weighted by molar-refractivity contribution is 0.0410. The van der Waals surface area contributed by atoms with Crippen LogP contribution in [-0.2, 0) is 9.47 Å². The zero-order valence-corrected chi connectivity index (χ0v) is 7.37. The first-order chi connectivity index (χ1) is 5.66. The fraction of sp³-hybridized carbons (Fsp3) is 0.857. The molecule has 0 aromatic heterocycles. The molecule has 0 bridgehead atoms. The Morgan fingerprint density at radius 3 is 2.50 bits per heavy atom. The van der Waals surface area contributed by atoms with Gasteiger partial charge < -0.3 is 19.9 Å². The van der Waals surface area contributed by atoms with Crippen LogP contribution in [0.4, 0.5) is 4.79 Å². The van der Waals surface area contributed by atoms with Gasteiger partial charge in [-0.3, -0.25) is 0 Å². The Labute approximate surface area is 71.7 Å². The number of methoxy groups -OCH3 is 1. The molecule has 1 unspecified atom stereocenters. The van der Waals surface area contributed by atoms with Gasteiger partial charge in [-0.2, -0.15) is 0 Å². The molecule has 0 amide bonds. The second-order valence-electron chi connectivity index (χ2n) is 2.36. The summed E-state index contributed by atoms with van der Waals surface area (Å²) >= 11 is 0. The summed E-state index contributed by atoms with van der Waals surface area (Å²) in [5.74, 6) is 0. The van der Waals surface area contributed by atoms with Crippen LogP contribution in [0.3, 0.4) is 0 Å². The molecule has 0 radical (unpaired) electrons. The van der Waals surface area contributed by atoms with Crippen LogP contribution in [0.1, 0.15) is 6.92 Å². The van der Waals surface area contributed by atoms with E-state index in [1.54, 1.807) is 0 Å². The summed E-state index contributed by atoms with van der Waals surface area (Å²) in [6.07, 6.45) is -0.821. The quantitative estimate of drug-likeness (QED) is 0.521. The van der Waals surface area contributed by atoms with Gasteiger partial charge in [0.2, 0.25) is 0 Å². The number of carboxylic acid groups (broad SMARTS) is 1. The summed E-state index contributed by atoms with van der Waals surface area (Å²) in [6, 6.07) is 0. The standard InChI is InChI=1S/C5H11NO.C2H4O3/c1-5-4-6-2-3-7-5;1-5-2(3)4/h5-6H,2-4H2,1H3;1H3,(H,3,4). The molecule has 1 aliphatic heterocycles. The highest BCUT2D eigenvalue weighted by Crippen LogP contribution is 1.91. The number of nitrogens with one attached hydrogen (secondary N) is 1. The monoisotopic (exact) mass is 177 g/mol. The SMILES string of the molecule is CC1CNCCO1.COC(=O)O. The van der Waals surface area contributed by atoms with Gasteiger partial charge in [-0.1, -0.05) is 0 Å². The third-order valence-electron chi connectivity index (χ3n) is 1.29. The average molecular weight is 177 g/mol. The van der Waals surface area contributed by atoms with E-state index in [1.165, 1.54) is 0 Å². The van der Waals surface area contributed by atoms with Gasteiger partial charge in [0.05, 0.1) is 19.8 Å². The third-order valence-corrected chi connectivity index (χ3v) is 1.29. The minimum Gasteiger partial charge on any atom is -0.450 e. The molecule has 12 heavy (non-hydrogen) atoms. The van der Waals surface area contributed by atoms with Crippen LogP contribution in [0.15, 0.2) is 0 Å². The molecule has 5 heteroatoms. The Bertz CT molecular complexity index is 123. The maximum atomic E-state index is 9.15. The molecule has 0 aromatic rings. The van der Waals surface area contributed by atoms with E-state index < -0.39 is 6.16 Å². The second kappa shape index (κ2) is 6.87. The molecule has 0 aliphatic carbocycles. The molecule has 1 saturated heterocycles. The predicted molar refractivity (Wildman–Crippen MR) is 43.3 cm³/mol. The summed E-state index contributed by atoms with van der Waals surface area (Å²) < 4.78 is 8.88. The van der Waals surface area contributed by atoms with E-state index in [0.717, 1.165) is 26.8 Å². The highest BCUT2D eigenvalue weighted by Gasteiger charge is 2.04. The number of carbonyl (C=O) groups is 1. The topological polar surface area (TPSA) is 67.8 Å². The molecule has 1 rings (SSSR count). The molecule has 1 atom stereocenters. The molecule has 0 spiro atoms. The van der Waals surface area contributed by atoms with Crippen LogP contribution in [0.5, 0.6) is 0 Å². The average Bonchev–Trinajstić information content (AvgIpc) is 2.07. The zero-order chi connectivity index (χ0) is 9.40. The van der Waals surface area contributed by atoms with Crippen molar-refractivity contribution < 1.29 is 19.4 Å². The van der Waals surface area contributed by atoms with Gasteiger partial charge in [-0.05, 0) is 6.92 Å². The Kier molecular flexibility index (Phi) is 6.41. The largest absolute Gasteiger partial charge is 0.505 e. The van der Waals surface area contributed by atoms with Crippen molar-refractivity contribution in [1.29, 1.82) is 0 Å². The highest BCUT2D eigenvalue weighted by molar-refractivity contribution is 5.56. The molecule has 5 nitrogen and oxygen atoms in total. The molecule has 72 valence electrons. The first-order valence-corrected chi connectivity index (χ1v) is 3.76. The van der Waals surface area contributed by atoms with Crippen LogP contribution in [0, 0.1) is 0 Å². The molecule has 2 N–H and O–H groups in total. The molecule has 0 aromatic carbocycles. The van der Waals surface area contributed by atoms with Crippen molar-refractivity contribution in [3.63, 3.8) is 0 Å². The second-order valence-corrected chi connectivity index (χ2v) is 2.36. The van der Waals surface area contributed by atoms with Crippen molar-refractivity contribution in [3.05, 3.63) is 0 Å². The number of hydrogen-bond donors (Lipinski definition) is 2. The first kappa shape index (κ1) is 11.2. The van der Waals surface area contributed by atoms with Crippen LogP contribution >= 0.6 is 0 Å². The van der Waals surface area contributed by atoms with Crippen molar-refractivity contribution >= 4 is 6.16 Å². The van der Waals surface area contributed by atoms with E-state index in [9.17, 15) is 0 Å². The van der Waals surface area contributed by atoms with E-state index in [4.69, 9.17) is 14.6 Å². The Hall–Kier alpha value is -0.810. The predicted octanol–water partition coefficient (Wildman–Crippen LogP) is 0.306. The maximum Gasteiger partial charge on any atom is 0.505 e. The van der Waals surface area contributed by atoms with Gasteiger partial charge in [0.15, 0.2) is 0 Å². The Morgan fingerprint density at radius 2 is 2.33 bits per heavy atom. The summed E-state index contributed by atoms with van der Waals surface area (Å²) in [5, 5.41) is 10.7. The zero-order valence-electron chi connectivity index (χ0n) is 7.37. The minimum absolute atomic E-state index is 0.425. The minimum atomic E-state index is -1.25. The highest BCUT2D eigenvalue weighted by atomic mass is 16.6. The summed E-state index contributed by atoms with van der Waals surface area (Å²) in [5.41, 5.74) is 0. The summed E-state index contributed by atoms with van der Waals surface area (Å²) in [7, 11) is 1.10. The van der Waals surface area contributed by atoms with E-state index in [2.05, 4.69) is 17.0 Å². The van der Waals surface area contributed by atoms with Crippen molar-refractivity contribution in [2.24, 2.45) is 0 Å². The Balaban J connectivity index is 0.000000217. The number of hydrogen-bond acceptors (Lipinski definition) is 4. The van der Waals surface area contributed by atoms with Crippen LogP contribution in [0.2, 0.25) is 0 Å². The van der Waals surface area contributed by atoms with E-state index in [0.29, 0.717) is 6.10 Å². The van der Waals surface area contributed by atoms with Crippen LogP contribution in [0.25, 0.3) is 0 Å². The van der Waals surface area contributed by atoms with E-state index >= 15 is 0 Å². The number of rotatable bonds is 0. The third kappa shape index (κ3) is 7.30. The molecular formula is C7H15NO4. The number of ether oxygens (including phenoxy) is 2. The van der Waals surface area contributed by atoms with Crippen LogP contribution in [-0.4, -0.2) is 44.2 Å². The van der Waals surface area contributed by atoms with Crippen molar-refractivity contribution in [2.75, 3.05) is 26.8 Å². The van der Waals surface area contributed by atoms with Crippen molar-refractivity contribution in [3.8, 4) is 0 Å². The maximum absolute atomic E-state index is 9.15. The molecule has 1 fully saturated rings. The molecule has 1 heterocycles. The fourth-order valence-corrected chi connectivity index (χ4v) is 0.697. The van der Waals surface area contributed by atoms with Crippen molar-refractivity contribution in [1.82, 2.24) is 5.32 Å². The fourth-order valence-electron chi connectivity index (χ4n) is 0.697. The molecular weight excluding hydrogens is 162 g/mol. The summed E-state index contributed by atoms with van der Waals surface area (Å²) in [6.45, 7) is 4.98. The lowest BCUT2D eigenvalue weighted by atomic mass is 10.3. The number of morpholine rings is 1. The first-order valence-electron chi connectivity index (χ1n) is 3.76. The lowest BCUT2D eigenvalue weighted by Gasteiger charge is -2.18. The molecule has 0 saturated carbocycles. The lowest BCUT2D eigenvalue weighted by Crippen LogP contribution is -2.36. The summed E-state index contributed by atoms with van der Waals surface area (Å²) in [4.78, 5) is 9.15. The van der Waals surface area contributed by atoms with E-state index in [-0.39, 0.29) is 0 Å². The smallest absolute Gasteiger partial charge is 0.450 e. The normalized spacial score (nSPS) is 22.0. The van der Waals surface area contributed by atoms with E-state index in [1.807, 2.05) is 0 Å². The van der Waals surface area contributed by atoms with Gasteiger partial charge in [0.25, 0.3) is 0 Å². The van der Waals surface area contributed by atoms with Gasteiger partial charge in [-0.15, -0.1) is 0 Å². The van der Waals surface area contributed by atoms with Crippen molar-refractivity contribution in [2.45, 2.75) is 13.0 Å². The van der Waals surface area contributed by atoms with Gasteiger partial charge in [-0.25, -0.2) is 4.79 Å². The van der Waals surface area contributed by atoms with Gasteiger partial charge in [0, 0.05) is 13.1 Å². The van der Waals surface area contributed by atoms with Gasteiger partial charge >= 0.3 is 6.16 Å². The van der Waals surface area contributed by atoms with Crippen LogP contribution < -0.4 is 5.32 Å². The van der Waals surface area contributed by atoms with Gasteiger partial charge in [0.1, 0.15) is 0 Å².